The highest BCUT2D eigenvalue weighted by Crippen LogP contribution is 2.35. The van der Waals surface area contributed by atoms with Gasteiger partial charge in [-0.1, -0.05) is 11.9 Å². The van der Waals surface area contributed by atoms with Crippen LogP contribution in [0.3, 0.4) is 0 Å². The predicted molar refractivity (Wildman–Crippen MR) is 78.2 cm³/mol. The first kappa shape index (κ1) is 18.5. The molecule has 14 heteroatoms. The third kappa shape index (κ3) is 3.79. The number of rotatable bonds is 8. The normalized spacial score (nSPS) is 10.1. The molecular formula is C10H12N6O8. The summed E-state index contributed by atoms with van der Waals surface area (Å²) in [6, 6.07) is 1.53. The highest BCUT2D eigenvalue weighted by atomic mass is 16.7. The van der Waals surface area contributed by atoms with Gasteiger partial charge in [-0.05, 0) is 12.5 Å². The van der Waals surface area contributed by atoms with Crippen molar-refractivity contribution >= 4 is 17.1 Å². The monoisotopic (exact) mass is 344 g/mol. The van der Waals surface area contributed by atoms with E-state index in [4.69, 9.17) is 0 Å². The van der Waals surface area contributed by atoms with Gasteiger partial charge in [-0.3, -0.25) is 20.2 Å². The molecule has 0 atom stereocenters. The molecule has 0 saturated heterocycles. The van der Waals surface area contributed by atoms with Gasteiger partial charge in [0.25, 0.3) is 5.69 Å². The number of nitro groups is 4. The summed E-state index contributed by atoms with van der Waals surface area (Å²) in [6.45, 7) is 0.624. The molecule has 0 bridgehead atoms. The SMILES string of the molecule is CCc1cc(N(CN(C)[N+](=O)[O-])[N+](=O)[O-])c([N+](=O)[O-])cc1[N+](=O)[O-]. The zero-order chi connectivity index (χ0) is 18.6. The Labute approximate surface area is 133 Å². The minimum atomic E-state index is -1.06. The van der Waals surface area contributed by atoms with Crippen LogP contribution in [0.25, 0.3) is 0 Å². The smallest absolute Gasteiger partial charge is 0.258 e. The summed E-state index contributed by atoms with van der Waals surface area (Å²) < 4.78 is 0. The van der Waals surface area contributed by atoms with Gasteiger partial charge >= 0.3 is 5.69 Å². The van der Waals surface area contributed by atoms with Crippen LogP contribution in [0.4, 0.5) is 17.1 Å². The fraction of sp³-hybridized carbons (Fsp3) is 0.400. The van der Waals surface area contributed by atoms with Crippen LogP contribution in [-0.2, 0) is 6.42 Å². The standard InChI is InChI=1S/C10H12N6O8/c1-3-7-4-9(10(14(19)20)5-8(7)13(17)18)12(16(23)24)6-11(2)15(21)22/h4-5H,3,6H2,1-2H3. The molecule has 24 heavy (non-hydrogen) atoms. The first-order valence-electron chi connectivity index (χ1n) is 6.33. The zero-order valence-electron chi connectivity index (χ0n) is 12.5. The Morgan fingerprint density at radius 1 is 0.917 bits per heavy atom. The fourth-order valence-corrected chi connectivity index (χ4v) is 1.88. The van der Waals surface area contributed by atoms with Crippen molar-refractivity contribution < 1.29 is 19.9 Å². The van der Waals surface area contributed by atoms with Crippen molar-refractivity contribution in [2.75, 3.05) is 18.7 Å². The van der Waals surface area contributed by atoms with E-state index < -0.39 is 43.6 Å². The van der Waals surface area contributed by atoms with E-state index in [9.17, 15) is 40.5 Å². The Bertz CT molecular complexity index is 707. The molecule has 0 radical (unpaired) electrons. The average molecular weight is 344 g/mol. The van der Waals surface area contributed by atoms with Crippen LogP contribution >= 0.6 is 0 Å². The number of anilines is 1. The quantitative estimate of drug-likeness (QED) is 0.377. The number of nitro benzene ring substituents is 2. The van der Waals surface area contributed by atoms with Crippen molar-refractivity contribution in [3.8, 4) is 0 Å². The lowest BCUT2D eigenvalue weighted by atomic mass is 10.1. The predicted octanol–water partition coefficient (Wildman–Crippen LogP) is 1.14. The third-order valence-electron chi connectivity index (χ3n) is 3.04. The average Bonchev–Trinajstić information content (AvgIpc) is 2.50. The van der Waals surface area contributed by atoms with Crippen molar-refractivity contribution in [3.63, 3.8) is 0 Å². The Hall–Kier alpha value is -3.58. The van der Waals surface area contributed by atoms with Crippen molar-refractivity contribution in [2.24, 2.45) is 0 Å². The Kier molecular flexibility index (Phi) is 5.48. The molecule has 0 heterocycles. The lowest BCUT2D eigenvalue weighted by Crippen LogP contribution is -2.42. The summed E-state index contributed by atoms with van der Waals surface area (Å²) in [6.07, 6.45) is 0.0813. The van der Waals surface area contributed by atoms with Gasteiger partial charge in [0.05, 0.1) is 23.0 Å². The van der Waals surface area contributed by atoms with Crippen LogP contribution in [0.5, 0.6) is 0 Å². The van der Waals surface area contributed by atoms with Crippen molar-refractivity contribution in [2.45, 2.75) is 13.3 Å². The second kappa shape index (κ2) is 7.12. The second-order valence-corrected chi connectivity index (χ2v) is 4.51. The molecule has 0 aliphatic rings. The van der Waals surface area contributed by atoms with E-state index in [-0.39, 0.29) is 17.0 Å². The molecule has 0 aliphatic heterocycles. The molecule has 0 amide bonds. The molecule has 0 aliphatic carbocycles. The summed E-state index contributed by atoms with van der Waals surface area (Å²) in [7, 11) is 0.939. The molecule has 1 aromatic carbocycles. The maximum absolute atomic E-state index is 11.2. The van der Waals surface area contributed by atoms with E-state index in [2.05, 4.69) is 0 Å². The molecule has 0 N–H and O–H groups in total. The van der Waals surface area contributed by atoms with Gasteiger partial charge in [0.15, 0.2) is 15.8 Å². The molecular weight excluding hydrogens is 332 g/mol. The van der Waals surface area contributed by atoms with Gasteiger partial charge in [-0.15, -0.1) is 5.01 Å². The third-order valence-corrected chi connectivity index (χ3v) is 3.04. The zero-order valence-corrected chi connectivity index (χ0v) is 12.5. The Morgan fingerprint density at radius 3 is 1.83 bits per heavy atom. The maximum Gasteiger partial charge on any atom is 0.305 e. The molecule has 14 nitrogen and oxygen atoms in total. The van der Waals surface area contributed by atoms with E-state index in [0.29, 0.717) is 11.1 Å². The summed E-state index contributed by atoms with van der Waals surface area (Å²) in [4.78, 5) is 42.1. The number of hydrogen-bond donors (Lipinski definition) is 0. The van der Waals surface area contributed by atoms with Crippen LogP contribution < -0.4 is 5.01 Å². The first-order valence-corrected chi connectivity index (χ1v) is 6.33. The highest BCUT2D eigenvalue weighted by Gasteiger charge is 2.34. The molecule has 0 unspecified atom stereocenters. The van der Waals surface area contributed by atoms with Crippen molar-refractivity contribution in [1.82, 2.24) is 5.01 Å². The van der Waals surface area contributed by atoms with E-state index in [1.165, 1.54) is 6.92 Å². The second-order valence-electron chi connectivity index (χ2n) is 4.51. The number of nitrogens with zero attached hydrogens (tertiary/aromatic N) is 6. The molecule has 0 spiro atoms. The molecule has 1 rings (SSSR count). The van der Waals surface area contributed by atoms with Crippen LogP contribution in [0.15, 0.2) is 12.1 Å². The number of benzene rings is 1. The minimum absolute atomic E-state index is 0.0243. The largest absolute Gasteiger partial charge is 0.305 e. The van der Waals surface area contributed by atoms with Gasteiger partial charge < -0.3 is 0 Å². The number of hydrogen-bond acceptors (Lipinski definition) is 8. The van der Waals surface area contributed by atoms with Crippen LogP contribution in [-0.4, -0.2) is 38.6 Å². The van der Waals surface area contributed by atoms with Crippen LogP contribution in [0.1, 0.15) is 12.5 Å². The molecule has 0 aromatic heterocycles. The number of hydrazine groups is 2. The van der Waals surface area contributed by atoms with E-state index >= 15 is 0 Å². The van der Waals surface area contributed by atoms with Gasteiger partial charge in [0.2, 0.25) is 6.67 Å². The lowest BCUT2D eigenvalue weighted by molar-refractivity contribution is -0.657. The highest BCUT2D eigenvalue weighted by molar-refractivity contribution is 5.68. The van der Waals surface area contributed by atoms with Crippen LogP contribution in [0.2, 0.25) is 0 Å². The first-order chi connectivity index (χ1) is 11.1. The summed E-state index contributed by atoms with van der Waals surface area (Å²) in [5.41, 5.74) is -2.01. The maximum atomic E-state index is 11.2. The summed E-state index contributed by atoms with van der Waals surface area (Å²) in [5, 5.41) is 42.4. The van der Waals surface area contributed by atoms with Gasteiger partial charge in [-0.2, -0.15) is 0 Å². The number of aryl methyl sites for hydroxylation is 1. The van der Waals surface area contributed by atoms with Crippen LogP contribution in [0, 0.1) is 40.5 Å². The Morgan fingerprint density at radius 2 is 1.46 bits per heavy atom. The minimum Gasteiger partial charge on any atom is -0.258 e. The Balaban J connectivity index is 3.57. The topological polar surface area (TPSA) is 179 Å². The fourth-order valence-electron chi connectivity index (χ4n) is 1.88. The summed E-state index contributed by atoms with van der Waals surface area (Å²) >= 11 is 0. The lowest BCUT2D eigenvalue weighted by Gasteiger charge is -2.17. The van der Waals surface area contributed by atoms with E-state index in [0.717, 1.165) is 13.1 Å². The molecule has 130 valence electrons. The molecule has 0 saturated carbocycles. The molecule has 1 aromatic rings. The molecule has 0 fully saturated rings. The van der Waals surface area contributed by atoms with Gasteiger partial charge in [0, 0.05) is 5.56 Å². The summed E-state index contributed by atoms with van der Waals surface area (Å²) in [5.74, 6) is 0. The van der Waals surface area contributed by atoms with Gasteiger partial charge in [-0.25, -0.2) is 20.2 Å². The van der Waals surface area contributed by atoms with E-state index in [1.54, 1.807) is 0 Å². The van der Waals surface area contributed by atoms with Crippen molar-refractivity contribution in [1.29, 1.82) is 0 Å². The van der Waals surface area contributed by atoms with E-state index in [1.807, 2.05) is 0 Å². The van der Waals surface area contributed by atoms with Crippen molar-refractivity contribution in [3.05, 3.63) is 58.2 Å². The van der Waals surface area contributed by atoms with Gasteiger partial charge in [0.1, 0.15) is 0 Å².